The molecule has 1 fully saturated rings. The van der Waals surface area contributed by atoms with Crippen molar-refractivity contribution in [1.29, 1.82) is 0 Å². The Balaban J connectivity index is 1.48. The second-order valence-corrected chi connectivity index (χ2v) is 4.45. The van der Waals surface area contributed by atoms with Crippen LogP contribution in [0.2, 0.25) is 0 Å². The van der Waals surface area contributed by atoms with Gasteiger partial charge in [0.2, 0.25) is 0 Å². The number of nitrogens with zero attached hydrogens (tertiary/aromatic N) is 1. The maximum absolute atomic E-state index is 9.68. The van der Waals surface area contributed by atoms with Crippen molar-refractivity contribution >= 4 is 0 Å². The summed E-state index contributed by atoms with van der Waals surface area (Å²) in [5.41, 5.74) is 0.822. The van der Waals surface area contributed by atoms with Crippen molar-refractivity contribution in [2.24, 2.45) is 0 Å². The number of hydrogen-bond donors (Lipinski definition) is 2. The second kappa shape index (κ2) is 7.48. The van der Waals surface area contributed by atoms with Crippen molar-refractivity contribution in [3.05, 3.63) is 18.0 Å². The van der Waals surface area contributed by atoms with E-state index in [0.29, 0.717) is 26.3 Å². The molecule has 1 saturated heterocycles. The lowest BCUT2D eigenvalue weighted by Crippen LogP contribution is -2.31. The van der Waals surface area contributed by atoms with E-state index in [9.17, 15) is 5.11 Å². The zero-order chi connectivity index (χ0) is 12.6. The molecule has 2 unspecified atom stereocenters. The lowest BCUT2D eigenvalue weighted by Gasteiger charge is -2.14. The first-order valence-electron chi connectivity index (χ1n) is 6.32. The number of aliphatic hydroxyl groups excluding tert-OH is 1. The molecule has 1 aromatic heterocycles. The van der Waals surface area contributed by atoms with E-state index in [2.05, 4.69) is 10.5 Å². The quantitative estimate of drug-likeness (QED) is 0.697. The Morgan fingerprint density at radius 3 is 3.28 bits per heavy atom. The Hall–Kier alpha value is -0.950. The fourth-order valence-electron chi connectivity index (χ4n) is 1.87. The minimum Gasteiger partial charge on any atom is -0.389 e. The van der Waals surface area contributed by atoms with Gasteiger partial charge in [-0.3, -0.25) is 0 Å². The van der Waals surface area contributed by atoms with Crippen LogP contribution < -0.4 is 5.32 Å². The molecule has 1 aromatic rings. The third kappa shape index (κ3) is 4.73. The maximum Gasteiger partial charge on any atom is 0.124 e. The van der Waals surface area contributed by atoms with Gasteiger partial charge >= 0.3 is 0 Å². The number of rotatable bonds is 8. The van der Waals surface area contributed by atoms with Gasteiger partial charge in [-0.05, 0) is 12.8 Å². The second-order valence-electron chi connectivity index (χ2n) is 4.45. The van der Waals surface area contributed by atoms with Gasteiger partial charge in [-0.2, -0.15) is 0 Å². The number of ether oxygens (including phenoxy) is 2. The summed E-state index contributed by atoms with van der Waals surface area (Å²) in [6, 6.07) is 1.79. The standard InChI is InChI=1S/C12H20N2O4/c15-11(7-13-6-10-3-5-18-14-10)8-16-9-12-2-1-4-17-12/h3,5,11-13,15H,1-2,4,6-9H2. The van der Waals surface area contributed by atoms with Gasteiger partial charge in [0, 0.05) is 25.8 Å². The summed E-state index contributed by atoms with van der Waals surface area (Å²) in [5, 5.41) is 16.5. The third-order valence-corrected chi connectivity index (χ3v) is 2.82. The van der Waals surface area contributed by atoms with Crippen LogP contribution in [0.3, 0.4) is 0 Å². The number of aromatic nitrogens is 1. The van der Waals surface area contributed by atoms with Crippen LogP contribution in [0, 0.1) is 0 Å². The smallest absolute Gasteiger partial charge is 0.124 e. The SMILES string of the molecule is OC(CNCc1ccon1)COCC1CCCO1. The van der Waals surface area contributed by atoms with Crippen LogP contribution in [0.15, 0.2) is 16.9 Å². The van der Waals surface area contributed by atoms with Gasteiger partial charge in [-0.15, -0.1) is 0 Å². The molecule has 2 heterocycles. The minimum atomic E-state index is -0.515. The van der Waals surface area contributed by atoms with Gasteiger partial charge in [0.1, 0.15) is 6.26 Å². The molecular weight excluding hydrogens is 236 g/mol. The van der Waals surface area contributed by atoms with Crippen molar-refractivity contribution in [2.45, 2.75) is 31.6 Å². The summed E-state index contributed by atoms with van der Waals surface area (Å²) < 4.78 is 15.5. The molecule has 1 aliphatic heterocycles. The summed E-state index contributed by atoms with van der Waals surface area (Å²) in [7, 11) is 0. The topological polar surface area (TPSA) is 76.8 Å². The molecule has 0 radical (unpaired) electrons. The summed E-state index contributed by atoms with van der Waals surface area (Å²) in [4.78, 5) is 0. The average Bonchev–Trinajstić information content (AvgIpc) is 3.01. The van der Waals surface area contributed by atoms with E-state index in [-0.39, 0.29) is 6.10 Å². The predicted molar refractivity (Wildman–Crippen MR) is 64.0 cm³/mol. The molecule has 0 amide bonds. The van der Waals surface area contributed by atoms with Gasteiger partial charge in [-0.25, -0.2) is 0 Å². The highest BCUT2D eigenvalue weighted by Gasteiger charge is 2.16. The van der Waals surface area contributed by atoms with Crippen LogP contribution in [0.4, 0.5) is 0 Å². The summed E-state index contributed by atoms with van der Waals surface area (Å²) in [6.07, 6.45) is 3.38. The Morgan fingerprint density at radius 2 is 2.56 bits per heavy atom. The van der Waals surface area contributed by atoms with Crippen molar-refractivity contribution in [1.82, 2.24) is 10.5 Å². The van der Waals surface area contributed by atoms with E-state index in [1.165, 1.54) is 6.26 Å². The van der Waals surface area contributed by atoms with Crippen LogP contribution in [-0.2, 0) is 16.0 Å². The number of aliphatic hydroxyl groups is 1. The lowest BCUT2D eigenvalue weighted by molar-refractivity contribution is -0.0165. The molecule has 0 spiro atoms. The molecule has 6 heteroatoms. The zero-order valence-corrected chi connectivity index (χ0v) is 10.4. The molecule has 2 rings (SSSR count). The molecule has 2 N–H and O–H groups in total. The van der Waals surface area contributed by atoms with Crippen molar-refractivity contribution in [3.8, 4) is 0 Å². The first kappa shape index (κ1) is 13.5. The highest BCUT2D eigenvalue weighted by Crippen LogP contribution is 2.11. The van der Waals surface area contributed by atoms with Gasteiger partial charge in [0.15, 0.2) is 0 Å². The third-order valence-electron chi connectivity index (χ3n) is 2.82. The Kier molecular flexibility index (Phi) is 5.60. The first-order valence-corrected chi connectivity index (χ1v) is 6.32. The molecule has 102 valence electrons. The van der Waals surface area contributed by atoms with Crippen molar-refractivity contribution in [2.75, 3.05) is 26.4 Å². The average molecular weight is 256 g/mol. The molecule has 18 heavy (non-hydrogen) atoms. The van der Waals surface area contributed by atoms with E-state index in [0.717, 1.165) is 25.1 Å². The Labute approximate surface area is 106 Å². The van der Waals surface area contributed by atoms with Gasteiger partial charge in [0.05, 0.1) is 31.1 Å². The molecular formula is C12H20N2O4. The van der Waals surface area contributed by atoms with E-state index < -0.39 is 6.10 Å². The maximum atomic E-state index is 9.68. The number of hydrogen-bond acceptors (Lipinski definition) is 6. The van der Waals surface area contributed by atoms with E-state index in [1.54, 1.807) is 6.07 Å². The van der Waals surface area contributed by atoms with E-state index in [4.69, 9.17) is 14.0 Å². The summed E-state index contributed by atoms with van der Waals surface area (Å²) in [5.74, 6) is 0. The Bertz CT molecular complexity index is 312. The molecule has 0 aliphatic carbocycles. The van der Waals surface area contributed by atoms with Crippen LogP contribution in [-0.4, -0.2) is 48.8 Å². The zero-order valence-electron chi connectivity index (χ0n) is 10.4. The van der Waals surface area contributed by atoms with Crippen LogP contribution >= 0.6 is 0 Å². The lowest BCUT2D eigenvalue weighted by atomic mass is 10.2. The molecule has 1 aliphatic rings. The largest absolute Gasteiger partial charge is 0.389 e. The minimum absolute atomic E-state index is 0.209. The van der Waals surface area contributed by atoms with Gasteiger partial charge in [0.25, 0.3) is 0 Å². The monoisotopic (exact) mass is 256 g/mol. The van der Waals surface area contributed by atoms with Gasteiger partial charge < -0.3 is 24.4 Å². The molecule has 6 nitrogen and oxygen atoms in total. The van der Waals surface area contributed by atoms with Crippen molar-refractivity contribution < 1.29 is 19.1 Å². The molecule has 0 bridgehead atoms. The fourth-order valence-corrected chi connectivity index (χ4v) is 1.87. The normalized spacial score (nSPS) is 21.3. The highest BCUT2D eigenvalue weighted by molar-refractivity contribution is 4.94. The fraction of sp³-hybridized carbons (Fsp3) is 0.750. The van der Waals surface area contributed by atoms with Crippen LogP contribution in [0.1, 0.15) is 18.5 Å². The highest BCUT2D eigenvalue weighted by atomic mass is 16.5. The summed E-state index contributed by atoms with van der Waals surface area (Å²) >= 11 is 0. The van der Waals surface area contributed by atoms with E-state index in [1.807, 2.05) is 0 Å². The van der Waals surface area contributed by atoms with Crippen LogP contribution in [0.5, 0.6) is 0 Å². The van der Waals surface area contributed by atoms with Crippen molar-refractivity contribution in [3.63, 3.8) is 0 Å². The molecule has 0 aromatic carbocycles. The summed E-state index contributed by atoms with van der Waals surface area (Å²) in [6.45, 7) is 2.78. The first-order chi connectivity index (χ1) is 8.84. The Morgan fingerprint density at radius 1 is 1.61 bits per heavy atom. The number of nitrogens with one attached hydrogen (secondary N) is 1. The molecule has 0 saturated carbocycles. The van der Waals surface area contributed by atoms with Crippen LogP contribution in [0.25, 0.3) is 0 Å². The van der Waals surface area contributed by atoms with Gasteiger partial charge in [-0.1, -0.05) is 5.16 Å². The van der Waals surface area contributed by atoms with E-state index >= 15 is 0 Å². The molecule has 2 atom stereocenters. The predicted octanol–water partition coefficient (Wildman–Crippen LogP) is 0.321.